The van der Waals surface area contributed by atoms with Crippen molar-refractivity contribution in [3.05, 3.63) is 27.7 Å². The average Bonchev–Trinajstić information content (AvgIpc) is 2.38. The fraction of sp³-hybridized carbons (Fsp3) is 0.100. The minimum atomic E-state index is -0.897. The molecular formula is C10H5Cl2NO3. The summed E-state index contributed by atoms with van der Waals surface area (Å²) in [7, 11) is 0. The van der Waals surface area contributed by atoms with Gasteiger partial charge in [-0.3, -0.25) is 14.4 Å². The first-order valence-corrected chi connectivity index (χ1v) is 5.07. The lowest BCUT2D eigenvalue weighted by atomic mass is 10.1. The number of imide groups is 1. The first-order valence-electron chi connectivity index (χ1n) is 4.32. The van der Waals surface area contributed by atoms with Crippen LogP contribution in [0.25, 0.3) is 0 Å². The molecule has 0 saturated heterocycles. The van der Waals surface area contributed by atoms with E-state index in [-0.39, 0.29) is 21.3 Å². The van der Waals surface area contributed by atoms with E-state index in [4.69, 9.17) is 23.2 Å². The third-order valence-electron chi connectivity index (χ3n) is 2.21. The molecule has 0 aliphatic carbocycles. The lowest BCUT2D eigenvalue weighted by molar-refractivity contribution is -0.122. The van der Waals surface area contributed by atoms with E-state index < -0.39 is 17.6 Å². The van der Waals surface area contributed by atoms with Crippen molar-refractivity contribution in [3.8, 4) is 0 Å². The van der Waals surface area contributed by atoms with Crippen LogP contribution >= 0.6 is 23.2 Å². The molecule has 4 nitrogen and oxygen atoms in total. The predicted octanol–water partition coefficient (Wildman–Crippen LogP) is 2.07. The van der Waals surface area contributed by atoms with Crippen molar-refractivity contribution in [2.45, 2.75) is 6.92 Å². The molecule has 1 aliphatic heterocycles. The Hall–Kier alpha value is -1.39. The van der Waals surface area contributed by atoms with Crippen molar-refractivity contribution in [2.24, 2.45) is 0 Å². The van der Waals surface area contributed by atoms with Gasteiger partial charge in [0.25, 0.3) is 5.78 Å². The SMILES string of the molecule is CC(=O)N1C(=O)C(=O)c2c(Cl)cc(Cl)cc21. The van der Waals surface area contributed by atoms with Gasteiger partial charge in [-0.2, -0.15) is 0 Å². The molecule has 0 bridgehead atoms. The molecule has 1 aromatic rings. The van der Waals surface area contributed by atoms with E-state index in [0.717, 1.165) is 4.90 Å². The number of amides is 2. The summed E-state index contributed by atoms with van der Waals surface area (Å²) in [6, 6.07) is 2.73. The Labute approximate surface area is 101 Å². The molecule has 0 aromatic heterocycles. The Kier molecular flexibility index (Phi) is 2.48. The number of Topliss-reactive ketones (excluding diaryl/α,β-unsaturated/α-hetero) is 1. The predicted molar refractivity (Wildman–Crippen MR) is 59.0 cm³/mol. The number of carbonyl (C=O) groups excluding carboxylic acids is 3. The molecule has 0 atom stereocenters. The fourth-order valence-corrected chi connectivity index (χ4v) is 2.16. The van der Waals surface area contributed by atoms with E-state index >= 15 is 0 Å². The van der Waals surface area contributed by atoms with Gasteiger partial charge in [0.1, 0.15) is 0 Å². The molecule has 0 unspecified atom stereocenters. The zero-order valence-corrected chi connectivity index (χ0v) is 9.59. The van der Waals surface area contributed by atoms with E-state index in [0.29, 0.717) is 0 Å². The van der Waals surface area contributed by atoms with E-state index in [1.165, 1.54) is 19.1 Å². The third kappa shape index (κ3) is 1.42. The van der Waals surface area contributed by atoms with Crippen LogP contribution in [0.15, 0.2) is 12.1 Å². The van der Waals surface area contributed by atoms with Gasteiger partial charge in [-0.25, -0.2) is 4.90 Å². The Morgan fingerprint density at radius 2 is 1.88 bits per heavy atom. The summed E-state index contributed by atoms with van der Waals surface area (Å²) in [6.45, 7) is 1.19. The molecule has 16 heavy (non-hydrogen) atoms. The van der Waals surface area contributed by atoms with Gasteiger partial charge in [-0.05, 0) is 12.1 Å². The van der Waals surface area contributed by atoms with E-state index in [1.54, 1.807) is 0 Å². The number of carbonyl (C=O) groups is 3. The maximum Gasteiger partial charge on any atom is 0.306 e. The second-order valence-electron chi connectivity index (χ2n) is 3.27. The number of hydrogen-bond donors (Lipinski definition) is 0. The van der Waals surface area contributed by atoms with Crippen molar-refractivity contribution in [3.63, 3.8) is 0 Å². The van der Waals surface area contributed by atoms with Gasteiger partial charge < -0.3 is 0 Å². The van der Waals surface area contributed by atoms with Crippen LogP contribution in [0.4, 0.5) is 5.69 Å². The summed E-state index contributed by atoms with van der Waals surface area (Å²) in [4.78, 5) is 35.1. The summed E-state index contributed by atoms with van der Waals surface area (Å²) in [5, 5.41) is 0.335. The van der Waals surface area contributed by atoms with Crippen LogP contribution in [0.5, 0.6) is 0 Å². The van der Waals surface area contributed by atoms with E-state index in [9.17, 15) is 14.4 Å². The van der Waals surface area contributed by atoms with Crippen LogP contribution in [0.3, 0.4) is 0 Å². The molecule has 0 N–H and O–H groups in total. The lowest BCUT2D eigenvalue weighted by Crippen LogP contribution is -2.33. The maximum atomic E-state index is 11.6. The summed E-state index contributed by atoms with van der Waals surface area (Å²) in [6.07, 6.45) is 0. The minimum absolute atomic E-state index is 0.0336. The zero-order chi connectivity index (χ0) is 12.0. The maximum absolute atomic E-state index is 11.6. The minimum Gasteiger partial charge on any atom is -0.283 e. The Balaban J connectivity index is 2.75. The number of halogens is 2. The van der Waals surface area contributed by atoms with Gasteiger partial charge in [-0.15, -0.1) is 0 Å². The number of anilines is 1. The van der Waals surface area contributed by atoms with Crippen LogP contribution in [0, 0.1) is 0 Å². The Bertz CT molecular complexity index is 539. The third-order valence-corrected chi connectivity index (χ3v) is 2.73. The summed E-state index contributed by atoms with van der Waals surface area (Å²) in [5.41, 5.74) is 0.186. The molecule has 1 heterocycles. The molecule has 0 radical (unpaired) electrons. The lowest BCUT2D eigenvalue weighted by Gasteiger charge is -2.11. The van der Waals surface area contributed by atoms with Crippen molar-refractivity contribution < 1.29 is 14.4 Å². The molecule has 82 valence electrons. The van der Waals surface area contributed by atoms with Crippen LogP contribution in [-0.2, 0) is 9.59 Å². The number of nitrogens with zero attached hydrogens (tertiary/aromatic N) is 1. The van der Waals surface area contributed by atoms with Crippen molar-refractivity contribution in [1.29, 1.82) is 0 Å². The van der Waals surface area contributed by atoms with Crippen molar-refractivity contribution >= 4 is 46.5 Å². The number of ketones is 1. The second-order valence-corrected chi connectivity index (χ2v) is 4.11. The molecule has 1 aromatic carbocycles. The molecule has 0 fully saturated rings. The van der Waals surface area contributed by atoms with Gasteiger partial charge in [0, 0.05) is 11.9 Å². The largest absolute Gasteiger partial charge is 0.306 e. The molecule has 1 aliphatic rings. The number of rotatable bonds is 0. The van der Waals surface area contributed by atoms with Crippen LogP contribution in [0.1, 0.15) is 17.3 Å². The molecular weight excluding hydrogens is 253 g/mol. The Morgan fingerprint density at radius 1 is 1.25 bits per heavy atom. The first kappa shape index (κ1) is 11.1. The van der Waals surface area contributed by atoms with Gasteiger partial charge >= 0.3 is 5.91 Å². The van der Waals surface area contributed by atoms with Crippen LogP contribution < -0.4 is 4.90 Å². The highest BCUT2D eigenvalue weighted by molar-refractivity contribution is 6.58. The van der Waals surface area contributed by atoms with Crippen molar-refractivity contribution in [1.82, 2.24) is 0 Å². The van der Waals surface area contributed by atoms with Gasteiger partial charge in [0.05, 0.1) is 16.3 Å². The standard InChI is InChI=1S/C10H5Cl2NO3/c1-4(14)13-7-3-5(11)2-6(12)8(7)9(15)10(13)16/h2-3H,1H3. The summed E-state index contributed by atoms with van der Waals surface area (Å²) in [5.74, 6) is -2.23. The quantitative estimate of drug-likeness (QED) is 0.669. The monoisotopic (exact) mass is 257 g/mol. The van der Waals surface area contributed by atoms with E-state index in [1.807, 2.05) is 0 Å². The fourth-order valence-electron chi connectivity index (χ4n) is 1.59. The molecule has 2 rings (SSSR count). The summed E-state index contributed by atoms with van der Waals surface area (Å²) >= 11 is 11.6. The molecule has 0 saturated carbocycles. The Morgan fingerprint density at radius 3 is 2.44 bits per heavy atom. The van der Waals surface area contributed by atoms with E-state index in [2.05, 4.69) is 0 Å². The smallest absolute Gasteiger partial charge is 0.283 e. The van der Waals surface area contributed by atoms with Crippen LogP contribution in [-0.4, -0.2) is 17.6 Å². The van der Waals surface area contributed by atoms with Gasteiger partial charge in [0.2, 0.25) is 5.91 Å². The zero-order valence-electron chi connectivity index (χ0n) is 8.08. The highest BCUT2D eigenvalue weighted by Gasteiger charge is 2.40. The number of benzene rings is 1. The van der Waals surface area contributed by atoms with Crippen molar-refractivity contribution in [2.75, 3.05) is 4.90 Å². The second kappa shape index (κ2) is 3.57. The van der Waals surface area contributed by atoms with Crippen LogP contribution in [0.2, 0.25) is 10.0 Å². The topological polar surface area (TPSA) is 54.5 Å². The normalized spacial score (nSPS) is 14.3. The first-order chi connectivity index (χ1) is 7.43. The van der Waals surface area contributed by atoms with Gasteiger partial charge in [0.15, 0.2) is 0 Å². The highest BCUT2D eigenvalue weighted by atomic mass is 35.5. The highest BCUT2D eigenvalue weighted by Crippen LogP contribution is 2.36. The molecule has 6 heteroatoms. The van der Waals surface area contributed by atoms with Gasteiger partial charge in [-0.1, -0.05) is 23.2 Å². The number of hydrogen-bond acceptors (Lipinski definition) is 3. The molecule has 2 amide bonds. The summed E-state index contributed by atoms with van der Waals surface area (Å²) < 4.78 is 0. The average molecular weight is 258 g/mol. The number of fused-ring (bicyclic) bond motifs is 1. The molecule has 0 spiro atoms.